The highest BCUT2D eigenvalue weighted by Gasteiger charge is 2.28. The molecule has 2 rings (SSSR count). The van der Waals surface area contributed by atoms with Crippen molar-refractivity contribution in [2.24, 2.45) is 0 Å². The summed E-state index contributed by atoms with van der Waals surface area (Å²) >= 11 is 0. The molecule has 0 spiro atoms. The second-order valence-electron chi connectivity index (χ2n) is 5.26. The minimum atomic E-state index is -0.424. The summed E-state index contributed by atoms with van der Waals surface area (Å²) in [5.74, 6) is -0.0332. The van der Waals surface area contributed by atoms with Crippen LogP contribution in [-0.4, -0.2) is 52.8 Å². The number of hydrogen-bond donors (Lipinski definition) is 2. The van der Waals surface area contributed by atoms with E-state index in [1.807, 2.05) is 13.8 Å². The van der Waals surface area contributed by atoms with Gasteiger partial charge < -0.3 is 15.0 Å². The molecule has 0 radical (unpaired) electrons. The third kappa shape index (κ3) is 3.53. The van der Waals surface area contributed by atoms with E-state index in [4.69, 9.17) is 4.74 Å². The van der Waals surface area contributed by atoms with Crippen molar-refractivity contribution in [2.45, 2.75) is 39.7 Å². The van der Waals surface area contributed by atoms with Crippen molar-refractivity contribution in [2.75, 3.05) is 19.7 Å². The molecule has 7 heteroatoms. The first kappa shape index (κ1) is 15.3. The lowest BCUT2D eigenvalue weighted by Crippen LogP contribution is -2.49. The molecular weight excluding hydrogens is 272 g/mol. The Hall–Kier alpha value is -2.05. The number of amides is 2. The van der Waals surface area contributed by atoms with Gasteiger partial charge in [-0.2, -0.15) is 5.10 Å². The summed E-state index contributed by atoms with van der Waals surface area (Å²) in [5.41, 5.74) is 2.11. The molecular formula is C14H22N4O3. The van der Waals surface area contributed by atoms with Gasteiger partial charge in [-0.25, -0.2) is 4.79 Å². The Morgan fingerprint density at radius 1 is 1.48 bits per heavy atom. The number of aryl methyl sites for hydroxylation is 2. The Morgan fingerprint density at radius 3 is 2.86 bits per heavy atom. The van der Waals surface area contributed by atoms with Crippen LogP contribution in [0.15, 0.2) is 0 Å². The Balaban J connectivity index is 2.01. The van der Waals surface area contributed by atoms with Crippen molar-refractivity contribution in [3.8, 4) is 0 Å². The largest absolute Gasteiger partial charge is 0.450 e. The molecule has 7 nitrogen and oxygen atoms in total. The molecule has 1 aliphatic heterocycles. The third-order valence-electron chi connectivity index (χ3n) is 3.65. The van der Waals surface area contributed by atoms with Crippen LogP contribution in [0.2, 0.25) is 0 Å². The summed E-state index contributed by atoms with van der Waals surface area (Å²) in [5, 5.41) is 9.69. The predicted molar refractivity (Wildman–Crippen MR) is 77.1 cm³/mol. The molecule has 1 saturated heterocycles. The van der Waals surface area contributed by atoms with Crippen LogP contribution in [0.4, 0.5) is 4.79 Å². The zero-order valence-electron chi connectivity index (χ0n) is 12.7. The third-order valence-corrected chi connectivity index (χ3v) is 3.65. The molecule has 1 aliphatic rings. The summed E-state index contributed by atoms with van der Waals surface area (Å²) in [7, 11) is 0. The number of rotatable bonds is 3. The number of H-pyrrole nitrogens is 1. The Labute approximate surface area is 124 Å². The van der Waals surface area contributed by atoms with Gasteiger partial charge >= 0.3 is 6.09 Å². The monoisotopic (exact) mass is 294 g/mol. The maximum absolute atomic E-state index is 12.6. The van der Waals surface area contributed by atoms with Crippen molar-refractivity contribution in [1.82, 2.24) is 20.4 Å². The van der Waals surface area contributed by atoms with E-state index in [2.05, 4.69) is 15.5 Å². The van der Waals surface area contributed by atoms with Gasteiger partial charge in [0.15, 0.2) is 0 Å². The number of hydrogen-bond acceptors (Lipinski definition) is 4. The Bertz CT molecular complexity index is 507. The van der Waals surface area contributed by atoms with Crippen LogP contribution in [0.3, 0.4) is 0 Å². The second kappa shape index (κ2) is 6.60. The summed E-state index contributed by atoms with van der Waals surface area (Å²) in [4.78, 5) is 25.8. The highest BCUT2D eigenvalue weighted by Crippen LogP contribution is 2.17. The maximum Gasteiger partial charge on any atom is 0.407 e. The number of ether oxygens (including phenoxy) is 1. The SMILES string of the molecule is CCOC(=O)NC1CCCN(C(=O)c2c(C)n[nH]c2C)C1. The van der Waals surface area contributed by atoms with Gasteiger partial charge in [0.05, 0.1) is 17.9 Å². The molecule has 2 N–H and O–H groups in total. The van der Waals surface area contributed by atoms with Crippen molar-refractivity contribution >= 4 is 12.0 Å². The highest BCUT2D eigenvalue weighted by atomic mass is 16.5. The van der Waals surface area contributed by atoms with Crippen LogP contribution in [0.1, 0.15) is 41.5 Å². The first-order chi connectivity index (χ1) is 10.0. The summed E-state index contributed by atoms with van der Waals surface area (Å²) < 4.78 is 4.88. The molecule has 1 fully saturated rings. The molecule has 1 aromatic rings. The number of likely N-dealkylation sites (tertiary alicyclic amines) is 1. The minimum Gasteiger partial charge on any atom is -0.450 e. The fraction of sp³-hybridized carbons (Fsp3) is 0.643. The summed E-state index contributed by atoms with van der Waals surface area (Å²) in [6.07, 6.45) is 1.29. The van der Waals surface area contributed by atoms with Gasteiger partial charge in [0, 0.05) is 24.8 Å². The van der Waals surface area contributed by atoms with Crippen LogP contribution in [0, 0.1) is 13.8 Å². The van der Waals surface area contributed by atoms with Crippen LogP contribution in [0.5, 0.6) is 0 Å². The number of alkyl carbamates (subject to hydrolysis) is 1. The van der Waals surface area contributed by atoms with Gasteiger partial charge in [0.25, 0.3) is 5.91 Å². The second-order valence-corrected chi connectivity index (χ2v) is 5.26. The van der Waals surface area contributed by atoms with Crippen LogP contribution in [0.25, 0.3) is 0 Å². The number of carbonyl (C=O) groups is 2. The van der Waals surface area contributed by atoms with Gasteiger partial charge in [-0.05, 0) is 33.6 Å². The fourth-order valence-corrected chi connectivity index (χ4v) is 2.64. The lowest BCUT2D eigenvalue weighted by Gasteiger charge is -2.33. The van der Waals surface area contributed by atoms with E-state index in [0.29, 0.717) is 31.0 Å². The fourth-order valence-electron chi connectivity index (χ4n) is 2.64. The Morgan fingerprint density at radius 2 is 2.24 bits per heavy atom. The lowest BCUT2D eigenvalue weighted by molar-refractivity contribution is 0.0684. The molecule has 0 aromatic carbocycles. The standard InChI is InChI=1S/C14H22N4O3/c1-4-21-14(20)15-11-6-5-7-18(8-11)13(19)12-9(2)16-17-10(12)3/h11H,4-8H2,1-3H3,(H,15,20)(H,16,17). The smallest absolute Gasteiger partial charge is 0.407 e. The van der Waals surface area contributed by atoms with E-state index in [9.17, 15) is 9.59 Å². The molecule has 0 saturated carbocycles. The molecule has 1 unspecified atom stereocenters. The number of aromatic amines is 1. The average molecular weight is 294 g/mol. The number of nitrogens with one attached hydrogen (secondary N) is 2. The first-order valence-electron chi connectivity index (χ1n) is 7.27. The molecule has 116 valence electrons. The molecule has 0 bridgehead atoms. The molecule has 2 amide bonds. The minimum absolute atomic E-state index is 0.0332. The molecule has 2 heterocycles. The van der Waals surface area contributed by atoms with Gasteiger partial charge in [-0.3, -0.25) is 9.89 Å². The van der Waals surface area contributed by atoms with E-state index in [1.54, 1.807) is 11.8 Å². The van der Waals surface area contributed by atoms with Gasteiger partial charge in [-0.15, -0.1) is 0 Å². The zero-order chi connectivity index (χ0) is 15.4. The Kier molecular flexibility index (Phi) is 4.82. The van der Waals surface area contributed by atoms with E-state index < -0.39 is 6.09 Å². The van der Waals surface area contributed by atoms with Crippen molar-refractivity contribution in [3.63, 3.8) is 0 Å². The average Bonchev–Trinajstić information content (AvgIpc) is 2.78. The summed E-state index contributed by atoms with van der Waals surface area (Å²) in [6, 6.07) is -0.0609. The quantitative estimate of drug-likeness (QED) is 0.881. The number of nitrogens with zero attached hydrogens (tertiary/aromatic N) is 2. The van der Waals surface area contributed by atoms with Gasteiger partial charge in [0.2, 0.25) is 0 Å². The van der Waals surface area contributed by atoms with E-state index >= 15 is 0 Å². The van der Waals surface area contributed by atoms with Gasteiger partial charge in [-0.1, -0.05) is 0 Å². The normalized spacial score (nSPS) is 18.4. The maximum atomic E-state index is 12.6. The van der Waals surface area contributed by atoms with Crippen LogP contribution >= 0.6 is 0 Å². The zero-order valence-corrected chi connectivity index (χ0v) is 12.7. The number of aromatic nitrogens is 2. The van der Waals surface area contributed by atoms with Crippen LogP contribution in [-0.2, 0) is 4.74 Å². The molecule has 0 aliphatic carbocycles. The van der Waals surface area contributed by atoms with Crippen molar-refractivity contribution < 1.29 is 14.3 Å². The predicted octanol–water partition coefficient (Wildman–Crippen LogP) is 1.38. The topological polar surface area (TPSA) is 87.3 Å². The lowest BCUT2D eigenvalue weighted by atomic mass is 10.0. The van der Waals surface area contributed by atoms with Crippen molar-refractivity contribution in [3.05, 3.63) is 17.0 Å². The molecule has 1 aromatic heterocycles. The summed E-state index contributed by atoms with van der Waals surface area (Å²) in [6.45, 7) is 6.96. The van der Waals surface area contributed by atoms with Crippen LogP contribution < -0.4 is 5.32 Å². The van der Waals surface area contributed by atoms with E-state index in [0.717, 1.165) is 18.5 Å². The molecule has 21 heavy (non-hydrogen) atoms. The number of piperidine rings is 1. The van der Waals surface area contributed by atoms with Crippen molar-refractivity contribution in [1.29, 1.82) is 0 Å². The van der Waals surface area contributed by atoms with E-state index in [1.165, 1.54) is 0 Å². The van der Waals surface area contributed by atoms with E-state index in [-0.39, 0.29) is 11.9 Å². The first-order valence-corrected chi connectivity index (χ1v) is 7.27. The molecule has 1 atom stereocenters. The number of carbonyl (C=O) groups excluding carboxylic acids is 2. The highest BCUT2D eigenvalue weighted by molar-refractivity contribution is 5.96. The van der Waals surface area contributed by atoms with Gasteiger partial charge in [0.1, 0.15) is 0 Å².